The summed E-state index contributed by atoms with van der Waals surface area (Å²) in [5.41, 5.74) is 2.12. The van der Waals surface area contributed by atoms with E-state index in [4.69, 9.17) is 9.63 Å². The van der Waals surface area contributed by atoms with Gasteiger partial charge in [-0.2, -0.15) is 0 Å². The Hall–Kier alpha value is -2.14. The van der Waals surface area contributed by atoms with Crippen molar-refractivity contribution in [1.29, 1.82) is 0 Å². The highest BCUT2D eigenvalue weighted by atomic mass is 16.5. The maximum absolute atomic E-state index is 10.8. The fraction of sp³-hybridized carbons (Fsp3) is 0.286. The van der Waals surface area contributed by atoms with Gasteiger partial charge in [0.25, 0.3) is 0 Å². The summed E-state index contributed by atoms with van der Waals surface area (Å²) in [4.78, 5) is 10.8. The van der Waals surface area contributed by atoms with Crippen molar-refractivity contribution in [2.45, 2.75) is 18.3 Å². The van der Waals surface area contributed by atoms with E-state index in [1.807, 2.05) is 24.3 Å². The van der Waals surface area contributed by atoms with Crippen LogP contribution in [0.3, 0.4) is 0 Å². The molecule has 0 aliphatic heterocycles. The van der Waals surface area contributed by atoms with Crippen LogP contribution in [-0.2, 0) is 5.41 Å². The van der Waals surface area contributed by atoms with Crippen molar-refractivity contribution >= 4 is 5.97 Å². The number of hydrogen-bond donors (Lipinski definition) is 2. The number of benzene rings is 1. The van der Waals surface area contributed by atoms with Crippen LogP contribution in [0.4, 0.5) is 0 Å². The van der Waals surface area contributed by atoms with E-state index in [2.05, 4.69) is 5.16 Å². The maximum Gasteiger partial charge on any atom is 0.374 e. The van der Waals surface area contributed by atoms with Gasteiger partial charge in [-0.3, -0.25) is 0 Å². The zero-order chi connectivity index (χ0) is 13.5. The lowest BCUT2D eigenvalue weighted by Crippen LogP contribution is -2.13. The number of carboxylic acids is 1. The summed E-state index contributed by atoms with van der Waals surface area (Å²) in [6.45, 7) is 0.0909. The van der Waals surface area contributed by atoms with Crippen molar-refractivity contribution in [2.75, 3.05) is 6.61 Å². The fourth-order valence-corrected chi connectivity index (χ4v) is 2.34. The first-order chi connectivity index (χ1) is 9.16. The summed E-state index contributed by atoms with van der Waals surface area (Å²) >= 11 is 0. The molecule has 5 nitrogen and oxygen atoms in total. The zero-order valence-electron chi connectivity index (χ0n) is 10.2. The van der Waals surface area contributed by atoms with Gasteiger partial charge in [-0.05, 0) is 18.4 Å². The van der Waals surface area contributed by atoms with E-state index in [9.17, 15) is 9.90 Å². The van der Waals surface area contributed by atoms with E-state index < -0.39 is 5.97 Å². The molecule has 19 heavy (non-hydrogen) atoms. The Bertz CT molecular complexity index is 628. The van der Waals surface area contributed by atoms with Crippen molar-refractivity contribution in [1.82, 2.24) is 5.16 Å². The molecule has 0 radical (unpaired) electrons. The largest absolute Gasteiger partial charge is 0.475 e. The molecule has 0 spiro atoms. The molecule has 5 heteroatoms. The number of carboxylic acid groups (broad SMARTS) is 1. The molecule has 1 aliphatic carbocycles. The van der Waals surface area contributed by atoms with Crippen molar-refractivity contribution in [3.05, 3.63) is 41.7 Å². The monoisotopic (exact) mass is 259 g/mol. The molecule has 0 atom stereocenters. The first-order valence-corrected chi connectivity index (χ1v) is 6.07. The molecule has 2 N–H and O–H groups in total. The lowest BCUT2D eigenvalue weighted by atomic mass is 9.90. The topological polar surface area (TPSA) is 83.6 Å². The smallest absolute Gasteiger partial charge is 0.374 e. The number of rotatable bonds is 4. The highest BCUT2D eigenvalue weighted by molar-refractivity contribution is 5.86. The Morgan fingerprint density at radius 3 is 2.68 bits per heavy atom. The summed E-state index contributed by atoms with van der Waals surface area (Å²) in [6.07, 6.45) is 1.87. The number of aromatic nitrogens is 1. The van der Waals surface area contributed by atoms with E-state index >= 15 is 0 Å². The first kappa shape index (κ1) is 11.9. The van der Waals surface area contributed by atoms with Crippen LogP contribution in [-0.4, -0.2) is 27.9 Å². The fourth-order valence-electron chi connectivity index (χ4n) is 2.34. The number of hydrogen-bond acceptors (Lipinski definition) is 4. The SMILES string of the molecule is O=C(O)c1cc(-c2ccccc2C2(CO)CC2)no1. The Morgan fingerprint density at radius 2 is 2.11 bits per heavy atom. The summed E-state index contributed by atoms with van der Waals surface area (Å²) in [5, 5.41) is 22.2. The van der Waals surface area contributed by atoms with Gasteiger partial charge in [-0.15, -0.1) is 0 Å². The number of nitrogens with zero attached hydrogens (tertiary/aromatic N) is 1. The van der Waals surface area contributed by atoms with Crippen LogP contribution in [0, 0.1) is 0 Å². The normalized spacial score (nSPS) is 16.3. The molecule has 2 aromatic rings. The number of aliphatic hydroxyl groups is 1. The molecule has 3 rings (SSSR count). The average molecular weight is 259 g/mol. The van der Waals surface area contributed by atoms with Crippen molar-refractivity contribution in [3.63, 3.8) is 0 Å². The van der Waals surface area contributed by atoms with E-state index in [-0.39, 0.29) is 17.8 Å². The highest BCUT2D eigenvalue weighted by Crippen LogP contribution is 2.50. The third-order valence-corrected chi connectivity index (χ3v) is 3.65. The minimum absolute atomic E-state index is 0.0909. The van der Waals surface area contributed by atoms with Crippen LogP contribution in [0.1, 0.15) is 29.0 Å². The molecular weight excluding hydrogens is 246 g/mol. The van der Waals surface area contributed by atoms with E-state index in [0.717, 1.165) is 24.0 Å². The van der Waals surface area contributed by atoms with Crippen LogP contribution in [0.25, 0.3) is 11.3 Å². The van der Waals surface area contributed by atoms with Gasteiger partial charge >= 0.3 is 5.97 Å². The predicted molar refractivity (Wildman–Crippen MR) is 66.9 cm³/mol. The van der Waals surface area contributed by atoms with Crippen LogP contribution < -0.4 is 0 Å². The van der Waals surface area contributed by atoms with Gasteiger partial charge in [0.05, 0.1) is 6.61 Å². The van der Waals surface area contributed by atoms with Crippen molar-refractivity contribution in [3.8, 4) is 11.3 Å². The van der Waals surface area contributed by atoms with E-state index in [0.29, 0.717) is 5.69 Å². The van der Waals surface area contributed by atoms with Gasteiger partial charge in [-0.25, -0.2) is 4.79 Å². The Kier molecular flexibility index (Phi) is 2.64. The molecule has 1 fully saturated rings. The maximum atomic E-state index is 10.8. The molecule has 98 valence electrons. The minimum atomic E-state index is -1.14. The first-order valence-electron chi connectivity index (χ1n) is 6.07. The van der Waals surface area contributed by atoms with Crippen LogP contribution in [0.15, 0.2) is 34.9 Å². The Balaban J connectivity index is 2.07. The Labute approximate surface area is 109 Å². The molecular formula is C14H13NO4. The lowest BCUT2D eigenvalue weighted by Gasteiger charge is -2.15. The lowest BCUT2D eigenvalue weighted by molar-refractivity contribution is 0.0652. The van der Waals surface area contributed by atoms with Gasteiger partial charge in [-0.1, -0.05) is 29.4 Å². The van der Waals surface area contributed by atoms with Crippen LogP contribution >= 0.6 is 0 Å². The van der Waals surface area contributed by atoms with E-state index in [1.54, 1.807) is 0 Å². The van der Waals surface area contributed by atoms with Gasteiger partial charge in [0, 0.05) is 17.0 Å². The zero-order valence-corrected chi connectivity index (χ0v) is 10.2. The van der Waals surface area contributed by atoms with Crippen molar-refractivity contribution < 1.29 is 19.5 Å². The summed E-state index contributed by atoms with van der Waals surface area (Å²) in [6, 6.07) is 9.00. The summed E-state index contributed by atoms with van der Waals surface area (Å²) in [7, 11) is 0. The molecule has 1 aromatic carbocycles. The summed E-state index contributed by atoms with van der Waals surface area (Å²) in [5.74, 6) is -1.32. The quantitative estimate of drug-likeness (QED) is 0.878. The van der Waals surface area contributed by atoms with Gasteiger partial charge in [0.1, 0.15) is 5.69 Å². The second-order valence-electron chi connectivity index (χ2n) is 4.87. The second kappa shape index (κ2) is 4.20. The average Bonchev–Trinajstić information content (AvgIpc) is 3.07. The number of carbonyl (C=O) groups is 1. The molecule has 0 amide bonds. The number of aromatic carboxylic acids is 1. The van der Waals surface area contributed by atoms with Gasteiger partial charge in [0.2, 0.25) is 5.76 Å². The number of aliphatic hydroxyl groups excluding tert-OH is 1. The molecule has 1 aromatic heterocycles. The van der Waals surface area contributed by atoms with Crippen LogP contribution in [0.2, 0.25) is 0 Å². The molecule has 1 saturated carbocycles. The molecule has 0 saturated heterocycles. The standard InChI is InChI=1S/C14H13NO4/c16-8-14(5-6-14)10-4-2-1-3-9(10)11-7-12(13(17)18)19-15-11/h1-4,7,16H,5-6,8H2,(H,17,18). The third-order valence-electron chi connectivity index (χ3n) is 3.65. The predicted octanol–water partition coefficient (Wildman–Crippen LogP) is 2.06. The van der Waals surface area contributed by atoms with Crippen molar-refractivity contribution in [2.24, 2.45) is 0 Å². The molecule has 0 unspecified atom stereocenters. The summed E-state index contributed by atoms with van der Waals surface area (Å²) < 4.78 is 4.79. The molecule has 1 aliphatic rings. The minimum Gasteiger partial charge on any atom is -0.475 e. The van der Waals surface area contributed by atoms with Gasteiger partial charge < -0.3 is 14.7 Å². The third kappa shape index (κ3) is 1.92. The highest BCUT2D eigenvalue weighted by Gasteiger charge is 2.45. The van der Waals surface area contributed by atoms with Crippen LogP contribution in [0.5, 0.6) is 0 Å². The van der Waals surface area contributed by atoms with E-state index in [1.165, 1.54) is 6.07 Å². The molecule has 0 bridgehead atoms. The molecule has 1 heterocycles. The second-order valence-corrected chi connectivity index (χ2v) is 4.87. The van der Waals surface area contributed by atoms with Gasteiger partial charge in [0.15, 0.2) is 0 Å². The Morgan fingerprint density at radius 1 is 1.37 bits per heavy atom.